The van der Waals surface area contributed by atoms with Gasteiger partial charge in [-0.1, -0.05) is 30.3 Å². The first-order chi connectivity index (χ1) is 12.2. The highest BCUT2D eigenvalue weighted by Gasteiger charge is 2.43. The van der Waals surface area contributed by atoms with Crippen molar-refractivity contribution < 1.29 is 28.8 Å². The van der Waals surface area contributed by atoms with Crippen molar-refractivity contribution in [3.05, 3.63) is 70.3 Å². The molecule has 136 valence electrons. The van der Waals surface area contributed by atoms with Crippen molar-refractivity contribution >= 4 is 19.4 Å². The van der Waals surface area contributed by atoms with E-state index in [2.05, 4.69) is 5.32 Å². The fourth-order valence-corrected chi connectivity index (χ4v) is 3.21. The molecule has 0 atom stereocenters. The molecule has 0 bridgehead atoms. The van der Waals surface area contributed by atoms with Crippen LogP contribution in [0.3, 0.4) is 0 Å². The number of hydrogen-bond acceptors (Lipinski definition) is 4. The number of benzene rings is 2. The molecule has 0 spiro atoms. The zero-order valence-electron chi connectivity index (χ0n) is 14.0. The van der Waals surface area contributed by atoms with Crippen molar-refractivity contribution in [1.82, 2.24) is 5.32 Å². The summed E-state index contributed by atoms with van der Waals surface area (Å²) in [5.74, 6) is -0.102. The van der Waals surface area contributed by atoms with Gasteiger partial charge in [0.25, 0.3) is 0 Å². The lowest BCUT2D eigenvalue weighted by atomic mass is 9.82. The molecule has 2 aromatic rings. The van der Waals surface area contributed by atoms with Crippen LogP contribution in [-0.2, 0) is 10.1 Å². The second kappa shape index (κ2) is 6.54. The lowest BCUT2D eigenvalue weighted by Crippen LogP contribution is -2.26. The van der Waals surface area contributed by atoms with Crippen molar-refractivity contribution in [3.63, 3.8) is 0 Å². The normalized spacial score (nSPS) is 16.9. The van der Waals surface area contributed by atoms with Gasteiger partial charge in [0.2, 0.25) is 0 Å². The van der Waals surface area contributed by atoms with Crippen LogP contribution in [0, 0.1) is 0 Å². The van der Waals surface area contributed by atoms with E-state index in [9.17, 15) is 9.59 Å². The van der Waals surface area contributed by atoms with E-state index in [1.54, 1.807) is 30.3 Å². The van der Waals surface area contributed by atoms with Crippen LogP contribution in [0.1, 0.15) is 50.2 Å². The van der Waals surface area contributed by atoms with E-state index in [4.69, 9.17) is 19.2 Å². The summed E-state index contributed by atoms with van der Waals surface area (Å²) < 4.78 is 8.88. The van der Waals surface area contributed by atoms with E-state index < -0.39 is 7.82 Å². The SMILES string of the molecule is CNC1(c2ccc3c(c2)C(=O)c2ccccc2C3=O)CC1.O=P(O)(O)O. The largest absolute Gasteiger partial charge is 0.466 e. The summed E-state index contributed by atoms with van der Waals surface area (Å²) in [4.78, 5) is 46.8. The first-order valence-electron chi connectivity index (χ1n) is 7.96. The van der Waals surface area contributed by atoms with Crippen molar-refractivity contribution in [3.8, 4) is 0 Å². The van der Waals surface area contributed by atoms with E-state index in [-0.39, 0.29) is 17.1 Å². The molecule has 1 saturated carbocycles. The summed E-state index contributed by atoms with van der Waals surface area (Å²) in [6.45, 7) is 0. The zero-order valence-corrected chi connectivity index (χ0v) is 14.9. The van der Waals surface area contributed by atoms with Crippen molar-refractivity contribution in [2.75, 3.05) is 7.05 Å². The Bertz CT molecular complexity index is 936. The van der Waals surface area contributed by atoms with Gasteiger partial charge in [-0.15, -0.1) is 0 Å². The highest BCUT2D eigenvalue weighted by molar-refractivity contribution is 7.45. The number of phosphoric acid groups is 1. The van der Waals surface area contributed by atoms with Gasteiger partial charge in [0, 0.05) is 27.8 Å². The molecule has 0 aromatic heterocycles. The summed E-state index contributed by atoms with van der Waals surface area (Å²) in [5, 5.41) is 3.32. The molecule has 7 nitrogen and oxygen atoms in total. The third kappa shape index (κ3) is 3.53. The molecular weight excluding hydrogens is 357 g/mol. The maximum Gasteiger partial charge on any atom is 0.466 e. The lowest BCUT2D eigenvalue weighted by Gasteiger charge is -2.21. The number of hydrogen-bond donors (Lipinski definition) is 4. The Morgan fingerprint density at radius 2 is 1.35 bits per heavy atom. The summed E-state index contributed by atoms with van der Waals surface area (Å²) in [7, 11) is -2.70. The van der Waals surface area contributed by atoms with Crippen LogP contribution in [-0.4, -0.2) is 33.3 Å². The highest BCUT2D eigenvalue weighted by atomic mass is 31.2. The Morgan fingerprint density at radius 1 is 0.885 bits per heavy atom. The average Bonchev–Trinajstić information content (AvgIpc) is 3.39. The molecule has 0 aliphatic heterocycles. The molecule has 26 heavy (non-hydrogen) atoms. The number of fused-ring (bicyclic) bond motifs is 2. The molecule has 1 fully saturated rings. The molecule has 0 saturated heterocycles. The van der Waals surface area contributed by atoms with Crippen LogP contribution in [0.5, 0.6) is 0 Å². The van der Waals surface area contributed by atoms with E-state index in [1.165, 1.54) is 0 Å². The van der Waals surface area contributed by atoms with E-state index in [0.717, 1.165) is 18.4 Å². The molecule has 0 unspecified atom stereocenters. The van der Waals surface area contributed by atoms with Gasteiger partial charge in [-0.25, -0.2) is 4.57 Å². The monoisotopic (exact) mass is 375 g/mol. The van der Waals surface area contributed by atoms with E-state index in [1.807, 2.05) is 19.2 Å². The van der Waals surface area contributed by atoms with Crippen LogP contribution < -0.4 is 5.32 Å². The highest BCUT2D eigenvalue weighted by Crippen LogP contribution is 2.46. The fraction of sp³-hybridized carbons (Fsp3) is 0.222. The minimum Gasteiger partial charge on any atom is -0.310 e. The predicted octanol–water partition coefficient (Wildman–Crippen LogP) is 1.74. The Morgan fingerprint density at radius 3 is 1.81 bits per heavy atom. The standard InChI is InChI=1S/C18H15NO2.H3O4P/c1-19-18(8-9-18)11-6-7-14-15(10-11)17(21)13-5-3-2-4-12(13)16(14)20;1-5(2,3)4/h2-7,10,19H,8-9H2,1H3;(H3,1,2,3,4). The molecule has 2 aliphatic rings. The van der Waals surface area contributed by atoms with Crippen LogP contribution in [0.25, 0.3) is 0 Å². The first kappa shape index (κ1) is 18.6. The first-order valence-corrected chi connectivity index (χ1v) is 9.53. The quantitative estimate of drug-likeness (QED) is 0.503. The Hall–Kier alpha value is -2.15. The minimum atomic E-state index is -4.64. The summed E-state index contributed by atoms with van der Waals surface area (Å²) in [6, 6.07) is 12.7. The van der Waals surface area contributed by atoms with Gasteiger partial charge in [-0.3, -0.25) is 9.59 Å². The number of ketones is 2. The Kier molecular flexibility index (Phi) is 4.69. The number of nitrogens with one attached hydrogen (secondary N) is 1. The second-order valence-electron chi connectivity index (χ2n) is 6.31. The summed E-state index contributed by atoms with van der Waals surface area (Å²) in [6.07, 6.45) is 2.14. The number of rotatable bonds is 2. The Balaban J connectivity index is 0.000000349. The van der Waals surface area contributed by atoms with Gasteiger partial charge in [0.05, 0.1) is 0 Å². The smallest absolute Gasteiger partial charge is 0.310 e. The van der Waals surface area contributed by atoms with Gasteiger partial charge in [0.1, 0.15) is 0 Å². The van der Waals surface area contributed by atoms with E-state index >= 15 is 0 Å². The van der Waals surface area contributed by atoms with Crippen molar-refractivity contribution in [2.24, 2.45) is 0 Å². The second-order valence-corrected chi connectivity index (χ2v) is 7.34. The van der Waals surface area contributed by atoms with Crippen LogP contribution >= 0.6 is 7.82 Å². The third-order valence-corrected chi connectivity index (χ3v) is 4.71. The molecule has 0 radical (unpaired) electrons. The lowest BCUT2D eigenvalue weighted by molar-refractivity contribution is 0.0979. The molecule has 2 aliphatic carbocycles. The molecule has 0 amide bonds. The van der Waals surface area contributed by atoms with Gasteiger partial charge in [-0.05, 0) is 37.6 Å². The van der Waals surface area contributed by atoms with Gasteiger partial charge >= 0.3 is 7.82 Å². The van der Waals surface area contributed by atoms with Crippen LogP contribution in [0.2, 0.25) is 0 Å². The molecule has 4 rings (SSSR count). The zero-order chi connectivity index (χ0) is 19.1. The molecule has 2 aromatic carbocycles. The van der Waals surface area contributed by atoms with Gasteiger partial charge < -0.3 is 20.0 Å². The molecule has 8 heteroatoms. The van der Waals surface area contributed by atoms with Gasteiger partial charge in [-0.2, -0.15) is 0 Å². The van der Waals surface area contributed by atoms with E-state index in [0.29, 0.717) is 22.3 Å². The Labute approximate surface area is 149 Å². The molecule has 4 N–H and O–H groups in total. The number of carbonyl (C=O) groups is 2. The maximum atomic E-state index is 12.7. The predicted molar refractivity (Wildman–Crippen MR) is 94.0 cm³/mol. The summed E-state index contributed by atoms with van der Waals surface area (Å²) in [5.41, 5.74) is 3.19. The van der Waals surface area contributed by atoms with Crippen LogP contribution in [0.15, 0.2) is 42.5 Å². The maximum absolute atomic E-state index is 12.7. The average molecular weight is 375 g/mol. The van der Waals surface area contributed by atoms with Crippen molar-refractivity contribution in [2.45, 2.75) is 18.4 Å². The topological polar surface area (TPSA) is 124 Å². The molecule has 0 heterocycles. The van der Waals surface area contributed by atoms with Gasteiger partial charge in [0.15, 0.2) is 11.6 Å². The fourth-order valence-electron chi connectivity index (χ4n) is 3.21. The van der Waals surface area contributed by atoms with Crippen molar-refractivity contribution in [1.29, 1.82) is 0 Å². The third-order valence-electron chi connectivity index (χ3n) is 4.71. The molecular formula is C18H18NO6P. The number of carbonyl (C=O) groups excluding carboxylic acids is 2. The van der Waals surface area contributed by atoms with Crippen LogP contribution in [0.4, 0.5) is 0 Å². The summed E-state index contributed by atoms with van der Waals surface area (Å²) >= 11 is 0. The minimum absolute atomic E-state index is 0.00464.